The highest BCUT2D eigenvalue weighted by Crippen LogP contribution is 2.41. The summed E-state index contributed by atoms with van der Waals surface area (Å²) >= 11 is 0. The van der Waals surface area contributed by atoms with Crippen molar-refractivity contribution in [1.29, 1.82) is 0 Å². The molecular weight excluding hydrogens is 262 g/mol. The number of sulfonamides is 1. The number of likely N-dealkylation sites (tertiary alicyclic amines) is 2. The lowest BCUT2D eigenvalue weighted by Gasteiger charge is -2.60. The minimum atomic E-state index is -3.05. The van der Waals surface area contributed by atoms with E-state index in [9.17, 15) is 8.42 Å². The van der Waals surface area contributed by atoms with Gasteiger partial charge in [-0.25, -0.2) is 12.7 Å². The minimum Gasteiger partial charge on any atom is -0.305 e. The van der Waals surface area contributed by atoms with Gasteiger partial charge in [0.15, 0.2) is 0 Å². The molecule has 0 aromatic heterocycles. The van der Waals surface area contributed by atoms with Gasteiger partial charge in [0.2, 0.25) is 10.0 Å². The Bertz CT molecular complexity index is 463. The smallest absolute Gasteiger partial charge is 0.219 e. The third-order valence-electron chi connectivity index (χ3n) is 4.81. The third kappa shape index (κ3) is 2.13. The van der Waals surface area contributed by atoms with Crippen molar-refractivity contribution in [3.8, 4) is 0 Å². The first-order valence-corrected chi connectivity index (χ1v) is 8.55. The highest BCUT2D eigenvalue weighted by Gasteiger charge is 2.56. The van der Waals surface area contributed by atoms with E-state index in [1.807, 2.05) is 0 Å². The average molecular weight is 287 g/mol. The van der Waals surface area contributed by atoms with Crippen LogP contribution >= 0.6 is 0 Å². The van der Waals surface area contributed by atoms with Crippen LogP contribution < -0.4 is 0 Å². The van der Waals surface area contributed by atoms with Gasteiger partial charge in [-0.3, -0.25) is 4.90 Å². The summed E-state index contributed by atoms with van der Waals surface area (Å²) in [4.78, 5) is 4.50. The number of hydrogen-bond acceptors (Lipinski definition) is 4. The highest BCUT2D eigenvalue weighted by molar-refractivity contribution is 7.89. The summed E-state index contributed by atoms with van der Waals surface area (Å²) in [5, 5.41) is -0.179. The van der Waals surface area contributed by atoms with Crippen LogP contribution in [0.4, 0.5) is 0 Å². The zero-order valence-electron chi connectivity index (χ0n) is 12.4. The van der Waals surface area contributed by atoms with Gasteiger partial charge in [-0.05, 0) is 27.8 Å². The van der Waals surface area contributed by atoms with E-state index in [-0.39, 0.29) is 16.2 Å². The molecule has 3 aliphatic heterocycles. The van der Waals surface area contributed by atoms with Gasteiger partial charge < -0.3 is 4.90 Å². The largest absolute Gasteiger partial charge is 0.305 e. The summed E-state index contributed by atoms with van der Waals surface area (Å²) in [6, 6.07) is 0. The number of nitrogens with zero attached hydrogens (tertiary/aromatic N) is 3. The van der Waals surface area contributed by atoms with Crippen molar-refractivity contribution in [3.63, 3.8) is 0 Å². The predicted octanol–water partition coefficient (Wildman–Crippen LogP) is 0.0463. The molecule has 3 fully saturated rings. The maximum atomic E-state index is 12.5. The molecule has 0 aromatic carbocycles. The lowest BCUT2D eigenvalue weighted by Crippen LogP contribution is -2.74. The summed E-state index contributed by atoms with van der Waals surface area (Å²) in [5.41, 5.74) is 0.369. The van der Waals surface area contributed by atoms with E-state index in [1.165, 1.54) is 0 Å². The second-order valence-electron chi connectivity index (χ2n) is 7.68. The van der Waals surface area contributed by atoms with E-state index in [1.54, 1.807) is 4.31 Å². The normalized spacial score (nSPS) is 29.9. The Morgan fingerprint density at radius 3 is 2.00 bits per heavy atom. The van der Waals surface area contributed by atoms with Crippen LogP contribution in [-0.2, 0) is 10.0 Å². The Hall–Kier alpha value is -0.170. The highest BCUT2D eigenvalue weighted by atomic mass is 32.2. The monoisotopic (exact) mass is 287 g/mol. The molecule has 0 unspecified atom stereocenters. The van der Waals surface area contributed by atoms with Crippen LogP contribution in [0.1, 0.15) is 20.8 Å². The second-order valence-corrected chi connectivity index (χ2v) is 9.90. The van der Waals surface area contributed by atoms with Gasteiger partial charge in [-0.15, -0.1) is 0 Å². The van der Waals surface area contributed by atoms with Gasteiger partial charge >= 0.3 is 0 Å². The van der Waals surface area contributed by atoms with Crippen LogP contribution in [0.25, 0.3) is 0 Å². The SMILES string of the molecule is CN1CC2(C1)CN(S(=O)(=O)C1CN(C(C)(C)C)C1)C2. The summed E-state index contributed by atoms with van der Waals surface area (Å²) in [6.07, 6.45) is 0. The van der Waals surface area contributed by atoms with Crippen LogP contribution in [0.5, 0.6) is 0 Å². The Kier molecular flexibility index (Phi) is 2.86. The molecule has 1 spiro atoms. The fraction of sp³-hybridized carbons (Fsp3) is 1.00. The van der Waals surface area contributed by atoms with Crippen LogP contribution in [0.15, 0.2) is 0 Å². The molecular formula is C13H25N3O2S. The second kappa shape index (κ2) is 3.93. The van der Waals surface area contributed by atoms with Crippen molar-refractivity contribution in [1.82, 2.24) is 14.1 Å². The molecule has 6 heteroatoms. The van der Waals surface area contributed by atoms with Crippen LogP contribution in [0.2, 0.25) is 0 Å². The molecule has 0 bridgehead atoms. The maximum Gasteiger partial charge on any atom is 0.219 e. The van der Waals surface area contributed by atoms with Crippen molar-refractivity contribution >= 4 is 10.0 Å². The molecule has 3 aliphatic rings. The third-order valence-corrected chi connectivity index (χ3v) is 6.93. The molecule has 0 radical (unpaired) electrons. The Morgan fingerprint density at radius 1 is 1.05 bits per heavy atom. The molecule has 0 aromatic rings. The van der Waals surface area contributed by atoms with Crippen LogP contribution in [-0.4, -0.2) is 79.6 Å². The Morgan fingerprint density at radius 2 is 1.58 bits per heavy atom. The fourth-order valence-corrected chi connectivity index (χ4v) is 5.63. The lowest BCUT2D eigenvalue weighted by molar-refractivity contribution is -0.0687. The van der Waals surface area contributed by atoms with Crippen LogP contribution in [0, 0.1) is 5.41 Å². The van der Waals surface area contributed by atoms with E-state index in [0.717, 1.165) is 26.2 Å². The first-order valence-electron chi connectivity index (χ1n) is 7.05. The van der Waals surface area contributed by atoms with E-state index in [4.69, 9.17) is 0 Å². The van der Waals surface area contributed by atoms with E-state index >= 15 is 0 Å². The molecule has 0 atom stereocenters. The van der Waals surface area contributed by atoms with Gasteiger partial charge in [0, 0.05) is 50.2 Å². The van der Waals surface area contributed by atoms with Crippen LogP contribution in [0.3, 0.4) is 0 Å². The minimum absolute atomic E-state index is 0.0822. The first kappa shape index (κ1) is 13.8. The number of hydrogen-bond donors (Lipinski definition) is 0. The zero-order valence-corrected chi connectivity index (χ0v) is 13.2. The summed E-state index contributed by atoms with van der Waals surface area (Å²) in [7, 11) is -0.957. The van der Waals surface area contributed by atoms with Crippen molar-refractivity contribution in [2.75, 3.05) is 46.3 Å². The average Bonchev–Trinajstić information content (AvgIpc) is 2.01. The van der Waals surface area contributed by atoms with Gasteiger partial charge in [0.1, 0.15) is 5.25 Å². The quantitative estimate of drug-likeness (QED) is 0.720. The molecule has 110 valence electrons. The van der Waals surface area contributed by atoms with Crippen molar-refractivity contribution in [2.45, 2.75) is 31.6 Å². The van der Waals surface area contributed by atoms with Gasteiger partial charge in [0.25, 0.3) is 0 Å². The molecule has 3 saturated heterocycles. The Labute approximate surface area is 116 Å². The van der Waals surface area contributed by atoms with E-state index in [0.29, 0.717) is 13.1 Å². The molecule has 0 N–H and O–H groups in total. The topological polar surface area (TPSA) is 43.9 Å². The molecule has 19 heavy (non-hydrogen) atoms. The van der Waals surface area contributed by atoms with E-state index in [2.05, 4.69) is 37.6 Å². The molecule has 3 rings (SSSR count). The predicted molar refractivity (Wildman–Crippen MR) is 75.5 cm³/mol. The summed E-state index contributed by atoms with van der Waals surface area (Å²) in [6.45, 7) is 11.4. The summed E-state index contributed by atoms with van der Waals surface area (Å²) < 4.78 is 26.6. The number of rotatable bonds is 2. The molecule has 0 amide bonds. The van der Waals surface area contributed by atoms with Gasteiger partial charge in [-0.1, -0.05) is 0 Å². The standard InChI is InChI=1S/C13H25N3O2S/c1-12(2,3)15-5-11(6-15)19(17,18)16-9-13(10-16)7-14(4)8-13/h11H,5-10H2,1-4H3. The zero-order chi connectivity index (χ0) is 14.1. The maximum absolute atomic E-state index is 12.5. The van der Waals surface area contributed by atoms with Crippen molar-refractivity contribution in [3.05, 3.63) is 0 Å². The Balaban J connectivity index is 1.55. The molecule has 5 nitrogen and oxygen atoms in total. The summed E-state index contributed by atoms with van der Waals surface area (Å²) in [5.74, 6) is 0. The van der Waals surface area contributed by atoms with Crippen molar-refractivity contribution < 1.29 is 8.42 Å². The molecule has 0 aliphatic carbocycles. The van der Waals surface area contributed by atoms with Gasteiger partial charge in [0.05, 0.1) is 0 Å². The molecule has 3 heterocycles. The van der Waals surface area contributed by atoms with Crippen molar-refractivity contribution in [2.24, 2.45) is 5.41 Å². The van der Waals surface area contributed by atoms with Gasteiger partial charge in [-0.2, -0.15) is 0 Å². The van der Waals surface area contributed by atoms with E-state index < -0.39 is 10.0 Å². The first-order chi connectivity index (χ1) is 8.62. The molecule has 0 saturated carbocycles. The lowest BCUT2D eigenvalue weighted by atomic mass is 9.75. The fourth-order valence-electron chi connectivity index (χ4n) is 3.57.